The molecule has 1 aromatic carbocycles. The van der Waals surface area contributed by atoms with Gasteiger partial charge in [0.05, 0.1) is 6.54 Å². The molecule has 2 rings (SSSR count). The van der Waals surface area contributed by atoms with Gasteiger partial charge in [0.15, 0.2) is 0 Å². The van der Waals surface area contributed by atoms with Crippen LogP contribution in [0.5, 0.6) is 0 Å². The van der Waals surface area contributed by atoms with Crippen LogP contribution in [0.15, 0.2) is 18.2 Å². The lowest BCUT2D eigenvalue weighted by atomic mass is 10.1. The number of halogens is 1. The van der Waals surface area contributed by atoms with Crippen molar-refractivity contribution in [2.24, 2.45) is 11.7 Å². The average molecular weight is 298 g/mol. The van der Waals surface area contributed by atoms with Crippen molar-refractivity contribution in [3.8, 4) is 0 Å². The molecule has 0 unspecified atom stereocenters. The molecule has 0 atom stereocenters. The normalized spacial score (nSPS) is 13.4. The summed E-state index contributed by atoms with van der Waals surface area (Å²) in [7, 11) is 0. The summed E-state index contributed by atoms with van der Waals surface area (Å²) in [5, 5.41) is 5.91. The highest BCUT2D eigenvalue weighted by Gasteiger charge is 2.20. The van der Waals surface area contributed by atoms with Crippen LogP contribution in [0.25, 0.3) is 0 Å². The number of carbonyl (C=O) groups is 2. The van der Waals surface area contributed by atoms with Crippen LogP contribution >= 0.6 is 12.4 Å². The molecule has 1 saturated carbocycles. The molecule has 0 heterocycles. The molecule has 0 aliphatic heterocycles. The number of nitrogens with two attached hydrogens (primary N) is 1. The van der Waals surface area contributed by atoms with E-state index in [9.17, 15) is 9.59 Å². The van der Waals surface area contributed by atoms with Crippen molar-refractivity contribution in [2.45, 2.75) is 19.8 Å². The predicted octanol–water partition coefficient (Wildman–Crippen LogP) is 1.45. The molecule has 5 nitrogen and oxygen atoms in total. The largest absolute Gasteiger partial charge is 0.366 e. The van der Waals surface area contributed by atoms with Crippen molar-refractivity contribution < 1.29 is 9.59 Å². The Bertz CT molecular complexity index is 501. The summed E-state index contributed by atoms with van der Waals surface area (Å²) in [5.41, 5.74) is 7.15. The number of aryl methyl sites for hydroxylation is 1. The summed E-state index contributed by atoms with van der Waals surface area (Å²) in [6, 6.07) is 5.03. The highest BCUT2D eigenvalue weighted by molar-refractivity contribution is 5.97. The molecule has 1 aromatic rings. The van der Waals surface area contributed by atoms with Gasteiger partial charge in [-0.2, -0.15) is 0 Å². The minimum atomic E-state index is -0.498. The maximum Gasteiger partial charge on any atom is 0.248 e. The molecule has 20 heavy (non-hydrogen) atoms. The topological polar surface area (TPSA) is 84.2 Å². The summed E-state index contributed by atoms with van der Waals surface area (Å²) in [5.74, 6) is 0.139. The number of amides is 2. The van der Waals surface area contributed by atoms with Crippen molar-refractivity contribution >= 4 is 29.9 Å². The quantitative estimate of drug-likeness (QED) is 0.743. The van der Waals surface area contributed by atoms with Crippen molar-refractivity contribution in [2.75, 3.05) is 18.4 Å². The van der Waals surface area contributed by atoms with E-state index in [2.05, 4.69) is 10.6 Å². The Hall–Kier alpha value is -1.59. The van der Waals surface area contributed by atoms with E-state index in [-0.39, 0.29) is 24.9 Å². The van der Waals surface area contributed by atoms with E-state index in [1.54, 1.807) is 18.2 Å². The molecule has 110 valence electrons. The summed E-state index contributed by atoms with van der Waals surface area (Å²) in [6.07, 6.45) is 2.52. The fourth-order valence-electron chi connectivity index (χ4n) is 1.82. The second kappa shape index (κ2) is 7.26. The molecule has 0 aromatic heterocycles. The van der Waals surface area contributed by atoms with Crippen LogP contribution in [0.1, 0.15) is 28.8 Å². The first-order valence-electron chi connectivity index (χ1n) is 6.47. The third-order valence-electron chi connectivity index (χ3n) is 3.21. The van der Waals surface area contributed by atoms with E-state index >= 15 is 0 Å². The lowest BCUT2D eigenvalue weighted by Crippen LogP contribution is -2.29. The van der Waals surface area contributed by atoms with Gasteiger partial charge in [-0.25, -0.2) is 0 Å². The van der Waals surface area contributed by atoms with Gasteiger partial charge in [0, 0.05) is 11.3 Å². The van der Waals surface area contributed by atoms with Crippen LogP contribution in [0.3, 0.4) is 0 Å². The predicted molar refractivity (Wildman–Crippen MR) is 81.2 cm³/mol. The Labute approximate surface area is 124 Å². The fraction of sp³-hybridized carbons (Fsp3) is 0.429. The molecule has 0 radical (unpaired) electrons. The van der Waals surface area contributed by atoms with Gasteiger partial charge < -0.3 is 16.4 Å². The van der Waals surface area contributed by atoms with Crippen molar-refractivity contribution in [1.82, 2.24) is 5.32 Å². The molecule has 1 aliphatic rings. The van der Waals surface area contributed by atoms with E-state index in [1.807, 2.05) is 6.92 Å². The molecular formula is C14H20ClN3O2. The summed E-state index contributed by atoms with van der Waals surface area (Å²) in [4.78, 5) is 22.9. The molecule has 1 fully saturated rings. The van der Waals surface area contributed by atoms with E-state index in [1.165, 1.54) is 12.8 Å². The van der Waals surface area contributed by atoms with Gasteiger partial charge in [-0.15, -0.1) is 12.4 Å². The highest BCUT2D eigenvalue weighted by atomic mass is 35.5. The number of carbonyl (C=O) groups excluding carboxylic acids is 2. The molecule has 6 heteroatoms. The van der Waals surface area contributed by atoms with Crippen LogP contribution in [-0.2, 0) is 4.79 Å². The van der Waals surface area contributed by atoms with Crippen LogP contribution in [0, 0.1) is 12.8 Å². The Morgan fingerprint density at radius 3 is 2.65 bits per heavy atom. The average Bonchev–Trinajstić information content (AvgIpc) is 3.15. The number of rotatable bonds is 6. The van der Waals surface area contributed by atoms with E-state index in [0.717, 1.165) is 18.0 Å². The number of benzene rings is 1. The zero-order valence-corrected chi connectivity index (χ0v) is 12.3. The molecule has 2 amide bonds. The van der Waals surface area contributed by atoms with Gasteiger partial charge >= 0.3 is 0 Å². The Morgan fingerprint density at radius 1 is 1.35 bits per heavy atom. The van der Waals surface area contributed by atoms with E-state index in [0.29, 0.717) is 11.3 Å². The van der Waals surface area contributed by atoms with Gasteiger partial charge in [-0.05, 0) is 49.9 Å². The second-order valence-electron chi connectivity index (χ2n) is 5.02. The van der Waals surface area contributed by atoms with Crippen LogP contribution in [0.4, 0.5) is 5.69 Å². The Morgan fingerprint density at radius 2 is 2.05 bits per heavy atom. The third kappa shape index (κ3) is 4.83. The standard InChI is InChI=1S/C14H19N3O2.ClH/c1-9-2-5-11(14(15)19)6-12(9)17-13(18)8-16-7-10-3-4-10;/h2,5-6,10,16H,3-4,7-8H2,1H3,(H2,15,19)(H,17,18);1H. The maximum absolute atomic E-state index is 11.8. The van der Waals surface area contributed by atoms with Crippen LogP contribution in [-0.4, -0.2) is 24.9 Å². The van der Waals surface area contributed by atoms with Gasteiger partial charge in [0.25, 0.3) is 0 Å². The number of primary amides is 1. The smallest absolute Gasteiger partial charge is 0.248 e. The van der Waals surface area contributed by atoms with Gasteiger partial charge in [0.2, 0.25) is 11.8 Å². The Balaban J connectivity index is 0.00000200. The molecule has 0 spiro atoms. The summed E-state index contributed by atoms with van der Waals surface area (Å²) >= 11 is 0. The first-order chi connectivity index (χ1) is 9.06. The van der Waals surface area contributed by atoms with E-state index in [4.69, 9.17) is 5.73 Å². The van der Waals surface area contributed by atoms with Crippen LogP contribution in [0.2, 0.25) is 0 Å². The SMILES string of the molecule is Cc1ccc(C(N)=O)cc1NC(=O)CNCC1CC1.Cl. The molecular weight excluding hydrogens is 278 g/mol. The molecule has 1 aliphatic carbocycles. The van der Waals surface area contributed by atoms with E-state index < -0.39 is 5.91 Å². The summed E-state index contributed by atoms with van der Waals surface area (Å²) < 4.78 is 0. The third-order valence-corrected chi connectivity index (χ3v) is 3.21. The number of anilines is 1. The lowest BCUT2D eigenvalue weighted by molar-refractivity contribution is -0.115. The zero-order valence-electron chi connectivity index (χ0n) is 11.4. The minimum absolute atomic E-state index is 0. The molecule has 4 N–H and O–H groups in total. The summed E-state index contributed by atoms with van der Waals surface area (Å²) in [6.45, 7) is 3.06. The first-order valence-corrected chi connectivity index (χ1v) is 6.47. The monoisotopic (exact) mass is 297 g/mol. The first kappa shape index (κ1) is 16.5. The number of hydrogen-bond acceptors (Lipinski definition) is 3. The molecule has 0 bridgehead atoms. The van der Waals surface area contributed by atoms with Crippen LogP contribution < -0.4 is 16.4 Å². The lowest BCUT2D eigenvalue weighted by Gasteiger charge is -2.10. The van der Waals surface area contributed by atoms with Gasteiger partial charge in [-0.3, -0.25) is 9.59 Å². The second-order valence-corrected chi connectivity index (χ2v) is 5.02. The fourth-order valence-corrected chi connectivity index (χ4v) is 1.82. The van der Waals surface area contributed by atoms with Crippen molar-refractivity contribution in [3.63, 3.8) is 0 Å². The maximum atomic E-state index is 11.8. The highest BCUT2D eigenvalue weighted by Crippen LogP contribution is 2.27. The zero-order chi connectivity index (χ0) is 13.8. The van der Waals surface area contributed by atoms with Crippen molar-refractivity contribution in [3.05, 3.63) is 29.3 Å². The van der Waals surface area contributed by atoms with Gasteiger partial charge in [0.1, 0.15) is 0 Å². The molecule has 0 saturated heterocycles. The van der Waals surface area contributed by atoms with Gasteiger partial charge in [-0.1, -0.05) is 6.07 Å². The minimum Gasteiger partial charge on any atom is -0.366 e. The Kier molecular flexibility index (Phi) is 5.98. The van der Waals surface area contributed by atoms with Crippen molar-refractivity contribution in [1.29, 1.82) is 0 Å². The number of nitrogens with one attached hydrogen (secondary N) is 2. The number of hydrogen-bond donors (Lipinski definition) is 3.